The molecule has 0 unspecified atom stereocenters. The van der Waals surface area contributed by atoms with E-state index in [1.807, 2.05) is 0 Å². The second-order valence-electron chi connectivity index (χ2n) is 3.29. The van der Waals surface area contributed by atoms with Crippen molar-refractivity contribution in [3.05, 3.63) is 34.4 Å². The second-order valence-corrected chi connectivity index (χ2v) is 3.67. The summed E-state index contributed by atoms with van der Waals surface area (Å²) >= 11 is 5.65. The van der Waals surface area contributed by atoms with Gasteiger partial charge < -0.3 is 11.5 Å². The zero-order valence-corrected chi connectivity index (χ0v) is 8.90. The van der Waals surface area contributed by atoms with E-state index in [0.29, 0.717) is 19.4 Å². The molecule has 1 aromatic carbocycles. The highest BCUT2D eigenvalue weighted by molar-refractivity contribution is 6.31. The highest BCUT2D eigenvalue weighted by Gasteiger charge is 2.17. The van der Waals surface area contributed by atoms with Crippen LogP contribution in [-0.2, 0) is 0 Å². The molecular formula is C10H13ClF2N2. The summed E-state index contributed by atoms with van der Waals surface area (Å²) in [7, 11) is 0. The fourth-order valence-corrected chi connectivity index (χ4v) is 1.66. The molecule has 0 saturated carbocycles. The van der Waals surface area contributed by atoms with Crippen LogP contribution in [0.4, 0.5) is 8.78 Å². The molecule has 0 amide bonds. The lowest BCUT2D eigenvalue weighted by molar-refractivity contribution is 0.540. The molecule has 0 aromatic heterocycles. The highest BCUT2D eigenvalue weighted by Crippen LogP contribution is 2.29. The molecular weight excluding hydrogens is 222 g/mol. The van der Waals surface area contributed by atoms with E-state index in [1.54, 1.807) is 0 Å². The van der Waals surface area contributed by atoms with Gasteiger partial charge in [0.2, 0.25) is 0 Å². The van der Waals surface area contributed by atoms with Gasteiger partial charge >= 0.3 is 0 Å². The fourth-order valence-electron chi connectivity index (χ4n) is 1.36. The van der Waals surface area contributed by atoms with Crippen LogP contribution < -0.4 is 11.5 Å². The average Bonchev–Trinajstić information content (AvgIpc) is 2.21. The van der Waals surface area contributed by atoms with Crippen molar-refractivity contribution >= 4 is 11.6 Å². The smallest absolute Gasteiger partial charge is 0.142 e. The maximum atomic E-state index is 13.3. The molecule has 0 aliphatic heterocycles. The van der Waals surface area contributed by atoms with E-state index in [2.05, 4.69) is 0 Å². The van der Waals surface area contributed by atoms with E-state index < -0.39 is 17.7 Å². The Morgan fingerprint density at radius 2 is 1.87 bits per heavy atom. The Bertz CT molecular complexity index is 344. The Balaban J connectivity index is 2.96. The standard InChI is InChI=1S/C10H13ClF2N2/c11-10-7(13)4-3-6(12)9(10)8(15)2-1-5-14/h3-4,8H,1-2,5,14-15H2/t8-/m0/s1. The number of hydrogen-bond acceptors (Lipinski definition) is 2. The first-order valence-corrected chi connectivity index (χ1v) is 5.04. The van der Waals surface area contributed by atoms with Crippen molar-refractivity contribution in [2.75, 3.05) is 6.54 Å². The lowest BCUT2D eigenvalue weighted by Gasteiger charge is -2.14. The van der Waals surface area contributed by atoms with Gasteiger partial charge in [-0.25, -0.2) is 8.78 Å². The molecule has 0 heterocycles. The maximum Gasteiger partial charge on any atom is 0.142 e. The van der Waals surface area contributed by atoms with E-state index in [-0.39, 0.29) is 10.6 Å². The largest absolute Gasteiger partial charge is 0.330 e. The first-order valence-electron chi connectivity index (χ1n) is 4.67. The van der Waals surface area contributed by atoms with Crippen molar-refractivity contribution in [1.29, 1.82) is 0 Å². The fraction of sp³-hybridized carbons (Fsp3) is 0.400. The van der Waals surface area contributed by atoms with Crippen molar-refractivity contribution in [2.45, 2.75) is 18.9 Å². The van der Waals surface area contributed by atoms with Crippen LogP contribution in [0.25, 0.3) is 0 Å². The molecule has 5 heteroatoms. The van der Waals surface area contributed by atoms with Crippen LogP contribution in [0.5, 0.6) is 0 Å². The Labute approximate surface area is 92.2 Å². The van der Waals surface area contributed by atoms with Gasteiger partial charge in [-0.05, 0) is 31.5 Å². The molecule has 2 nitrogen and oxygen atoms in total. The predicted molar refractivity (Wildman–Crippen MR) is 56.6 cm³/mol. The van der Waals surface area contributed by atoms with Crippen LogP contribution in [0, 0.1) is 11.6 Å². The number of halogens is 3. The second kappa shape index (κ2) is 5.39. The summed E-state index contributed by atoms with van der Waals surface area (Å²) < 4.78 is 26.4. The molecule has 0 radical (unpaired) electrons. The van der Waals surface area contributed by atoms with Gasteiger partial charge in [-0.1, -0.05) is 11.6 Å². The van der Waals surface area contributed by atoms with Crippen LogP contribution >= 0.6 is 11.6 Å². The molecule has 1 aromatic rings. The molecule has 15 heavy (non-hydrogen) atoms. The predicted octanol–water partition coefficient (Wildman–Crippen LogP) is 2.36. The molecule has 84 valence electrons. The van der Waals surface area contributed by atoms with Crippen molar-refractivity contribution in [2.24, 2.45) is 11.5 Å². The Kier molecular flexibility index (Phi) is 4.45. The normalized spacial score (nSPS) is 12.9. The minimum atomic E-state index is -0.656. The third-order valence-electron chi connectivity index (χ3n) is 2.17. The minimum absolute atomic E-state index is 0.0325. The Morgan fingerprint density at radius 1 is 1.27 bits per heavy atom. The Hall–Kier alpha value is -0.710. The topological polar surface area (TPSA) is 52.0 Å². The number of hydrogen-bond donors (Lipinski definition) is 2. The van der Waals surface area contributed by atoms with E-state index in [0.717, 1.165) is 12.1 Å². The summed E-state index contributed by atoms with van der Waals surface area (Å²) in [6, 6.07) is 1.40. The highest BCUT2D eigenvalue weighted by atomic mass is 35.5. The summed E-state index contributed by atoms with van der Waals surface area (Å²) in [4.78, 5) is 0. The van der Waals surface area contributed by atoms with Crippen molar-refractivity contribution in [1.82, 2.24) is 0 Å². The van der Waals surface area contributed by atoms with E-state index in [9.17, 15) is 8.78 Å². The molecule has 0 aliphatic carbocycles. The summed E-state index contributed by atoms with van der Waals surface area (Å²) in [6.07, 6.45) is 1.13. The summed E-state index contributed by atoms with van der Waals surface area (Å²) in [5.41, 5.74) is 11.0. The quantitative estimate of drug-likeness (QED) is 0.786. The van der Waals surface area contributed by atoms with Gasteiger partial charge in [0.05, 0.1) is 5.02 Å². The lowest BCUT2D eigenvalue weighted by atomic mass is 10.0. The Morgan fingerprint density at radius 3 is 2.47 bits per heavy atom. The van der Waals surface area contributed by atoms with Crippen LogP contribution in [0.15, 0.2) is 12.1 Å². The minimum Gasteiger partial charge on any atom is -0.330 e. The molecule has 0 fully saturated rings. The first kappa shape index (κ1) is 12.4. The van der Waals surface area contributed by atoms with Crippen LogP contribution in [0.1, 0.15) is 24.4 Å². The maximum absolute atomic E-state index is 13.3. The number of nitrogens with two attached hydrogens (primary N) is 2. The molecule has 0 bridgehead atoms. The third-order valence-corrected chi connectivity index (χ3v) is 2.55. The van der Waals surface area contributed by atoms with Crippen molar-refractivity contribution in [3.63, 3.8) is 0 Å². The molecule has 4 N–H and O–H groups in total. The summed E-state index contributed by atoms with van der Waals surface area (Å²) in [5, 5.41) is -0.237. The molecule has 0 aliphatic rings. The molecule has 1 rings (SSSR count). The zero-order valence-electron chi connectivity index (χ0n) is 8.14. The van der Waals surface area contributed by atoms with E-state index >= 15 is 0 Å². The summed E-state index contributed by atoms with van der Waals surface area (Å²) in [5.74, 6) is -1.23. The molecule has 0 spiro atoms. The van der Waals surface area contributed by atoms with Gasteiger partial charge in [0.25, 0.3) is 0 Å². The van der Waals surface area contributed by atoms with Crippen LogP contribution in [0.2, 0.25) is 5.02 Å². The number of benzene rings is 1. The number of rotatable bonds is 4. The van der Waals surface area contributed by atoms with Gasteiger partial charge in [0, 0.05) is 11.6 Å². The average molecular weight is 235 g/mol. The van der Waals surface area contributed by atoms with E-state index in [1.165, 1.54) is 0 Å². The van der Waals surface area contributed by atoms with Crippen molar-refractivity contribution < 1.29 is 8.78 Å². The van der Waals surface area contributed by atoms with Crippen molar-refractivity contribution in [3.8, 4) is 0 Å². The first-order chi connectivity index (χ1) is 7.07. The van der Waals surface area contributed by atoms with Gasteiger partial charge in [-0.3, -0.25) is 0 Å². The van der Waals surface area contributed by atoms with Gasteiger partial charge in [-0.2, -0.15) is 0 Å². The SMILES string of the molecule is NCCC[C@H](N)c1c(F)ccc(F)c1Cl. The van der Waals surface area contributed by atoms with Gasteiger partial charge in [0.1, 0.15) is 11.6 Å². The lowest BCUT2D eigenvalue weighted by Crippen LogP contribution is -2.15. The van der Waals surface area contributed by atoms with Gasteiger partial charge in [-0.15, -0.1) is 0 Å². The van der Waals surface area contributed by atoms with Crippen LogP contribution in [-0.4, -0.2) is 6.54 Å². The monoisotopic (exact) mass is 234 g/mol. The molecule has 0 saturated heterocycles. The molecule has 1 atom stereocenters. The van der Waals surface area contributed by atoms with Crippen LogP contribution in [0.3, 0.4) is 0 Å². The van der Waals surface area contributed by atoms with Gasteiger partial charge in [0.15, 0.2) is 0 Å². The zero-order chi connectivity index (χ0) is 11.4. The van der Waals surface area contributed by atoms with E-state index in [4.69, 9.17) is 23.1 Å². The summed E-state index contributed by atoms with van der Waals surface area (Å²) in [6.45, 7) is 0.461. The third kappa shape index (κ3) is 2.87.